The number of hydrogen-bond acceptors (Lipinski definition) is 4. The molecule has 3 heterocycles. The van der Waals surface area contributed by atoms with E-state index in [-0.39, 0.29) is 17.0 Å². The number of ketones is 1. The molecule has 37 heavy (non-hydrogen) atoms. The topological polar surface area (TPSA) is 38.8 Å². The number of fused-ring (bicyclic) bond motifs is 1. The summed E-state index contributed by atoms with van der Waals surface area (Å²) in [4.78, 5) is 14.6. The van der Waals surface area contributed by atoms with Crippen molar-refractivity contribution in [3.63, 3.8) is 0 Å². The van der Waals surface area contributed by atoms with Crippen LogP contribution < -0.4 is 4.74 Å². The molecule has 2 aromatic rings. The van der Waals surface area contributed by atoms with Crippen LogP contribution >= 0.6 is 0 Å². The van der Waals surface area contributed by atoms with Crippen LogP contribution in [0.1, 0.15) is 104 Å². The number of carbonyl (C=O) groups is 1. The number of likely N-dealkylation sites (tertiary alicyclic amines) is 1. The van der Waals surface area contributed by atoms with Crippen molar-refractivity contribution >= 4 is 11.4 Å². The number of piperidine rings is 1. The van der Waals surface area contributed by atoms with Gasteiger partial charge in [-0.05, 0) is 80.6 Å². The summed E-state index contributed by atoms with van der Waals surface area (Å²) in [5.74, 6) is 2.12. The Morgan fingerprint density at radius 2 is 1.81 bits per heavy atom. The van der Waals surface area contributed by atoms with E-state index in [0.29, 0.717) is 13.0 Å². The molecule has 2 fully saturated rings. The van der Waals surface area contributed by atoms with Gasteiger partial charge in [-0.3, -0.25) is 9.69 Å². The third kappa shape index (κ3) is 5.28. The van der Waals surface area contributed by atoms with Crippen molar-refractivity contribution in [2.75, 3.05) is 19.7 Å². The van der Waals surface area contributed by atoms with Gasteiger partial charge in [-0.1, -0.05) is 49.4 Å². The summed E-state index contributed by atoms with van der Waals surface area (Å²) in [6, 6.07) is 13.1. The summed E-state index contributed by atoms with van der Waals surface area (Å²) in [5, 5.41) is 0. The predicted molar refractivity (Wildman–Crippen MR) is 148 cm³/mol. The predicted octanol–water partition coefficient (Wildman–Crippen LogP) is 7.10. The number of ether oxygens (including phenoxy) is 2. The van der Waals surface area contributed by atoms with Gasteiger partial charge in [0.15, 0.2) is 5.78 Å². The molecule has 196 valence electrons. The lowest BCUT2D eigenvalue weighted by Gasteiger charge is -2.44. The molecule has 1 spiro atoms. The van der Waals surface area contributed by atoms with Gasteiger partial charge in [-0.25, -0.2) is 0 Å². The van der Waals surface area contributed by atoms with Crippen LogP contribution in [0.3, 0.4) is 0 Å². The Morgan fingerprint density at radius 3 is 2.51 bits per heavy atom. The van der Waals surface area contributed by atoms with Gasteiger partial charge in [-0.2, -0.15) is 0 Å². The molecule has 4 heteroatoms. The van der Waals surface area contributed by atoms with Gasteiger partial charge in [0.2, 0.25) is 0 Å². The minimum atomic E-state index is -0.0878. The van der Waals surface area contributed by atoms with Crippen LogP contribution in [0.15, 0.2) is 42.5 Å². The average Bonchev–Trinajstić information content (AvgIpc) is 3.75. The van der Waals surface area contributed by atoms with Gasteiger partial charge in [0.25, 0.3) is 0 Å². The first-order valence-electron chi connectivity index (χ1n) is 14.4. The number of benzene rings is 2. The first-order chi connectivity index (χ1) is 17.8. The van der Waals surface area contributed by atoms with E-state index < -0.39 is 0 Å². The third-order valence-electron chi connectivity index (χ3n) is 8.98. The first-order valence-corrected chi connectivity index (χ1v) is 14.4. The molecule has 0 unspecified atom stereocenters. The van der Waals surface area contributed by atoms with Gasteiger partial charge < -0.3 is 9.47 Å². The lowest BCUT2D eigenvalue weighted by Crippen LogP contribution is -2.47. The SMILES string of the molecule is CCC(=O)c1ccc(C2=CCOC3(CCN(Cc4cc(C5CC5)cc5c4OC(C)(C)CC5)CC3)C2)cc1. The molecular weight excluding hydrogens is 458 g/mol. The molecule has 1 saturated heterocycles. The molecule has 4 nitrogen and oxygen atoms in total. The van der Waals surface area contributed by atoms with E-state index in [9.17, 15) is 4.79 Å². The van der Waals surface area contributed by atoms with Crippen molar-refractivity contribution in [3.8, 4) is 5.75 Å². The molecule has 0 radical (unpaired) electrons. The summed E-state index contributed by atoms with van der Waals surface area (Å²) in [6.45, 7) is 10.1. The van der Waals surface area contributed by atoms with Crippen LogP contribution in [0.2, 0.25) is 0 Å². The Hall–Kier alpha value is -2.43. The fraction of sp³-hybridized carbons (Fsp3) is 0.545. The van der Waals surface area contributed by atoms with E-state index in [1.54, 1.807) is 0 Å². The van der Waals surface area contributed by atoms with E-state index in [4.69, 9.17) is 9.47 Å². The van der Waals surface area contributed by atoms with Crippen molar-refractivity contribution < 1.29 is 14.3 Å². The third-order valence-corrected chi connectivity index (χ3v) is 8.98. The van der Waals surface area contributed by atoms with Gasteiger partial charge in [0.05, 0.1) is 12.2 Å². The summed E-state index contributed by atoms with van der Waals surface area (Å²) >= 11 is 0. The highest BCUT2D eigenvalue weighted by atomic mass is 16.5. The minimum Gasteiger partial charge on any atom is -0.487 e. The number of Topliss-reactive ketones (excluding diaryl/α,β-unsaturated/α-hetero) is 1. The van der Waals surface area contributed by atoms with Crippen LogP contribution in [-0.2, 0) is 17.7 Å². The Bertz CT molecular complexity index is 1200. The number of nitrogens with zero attached hydrogens (tertiary/aromatic N) is 1. The van der Waals surface area contributed by atoms with Gasteiger partial charge in [-0.15, -0.1) is 0 Å². The molecule has 6 rings (SSSR count). The normalized spacial score (nSPS) is 22.7. The molecule has 0 aromatic heterocycles. The maximum absolute atomic E-state index is 12.0. The van der Waals surface area contributed by atoms with Gasteiger partial charge in [0, 0.05) is 43.6 Å². The lowest BCUT2D eigenvalue weighted by molar-refractivity contribution is -0.0755. The molecule has 4 aliphatic rings. The van der Waals surface area contributed by atoms with Crippen molar-refractivity contribution in [2.24, 2.45) is 0 Å². The largest absolute Gasteiger partial charge is 0.487 e. The molecule has 0 N–H and O–H groups in total. The molecule has 1 aliphatic carbocycles. The average molecular weight is 500 g/mol. The van der Waals surface area contributed by atoms with E-state index in [1.807, 2.05) is 19.1 Å². The fourth-order valence-electron chi connectivity index (χ4n) is 6.40. The quantitative estimate of drug-likeness (QED) is 0.398. The van der Waals surface area contributed by atoms with Crippen LogP contribution in [0.4, 0.5) is 0 Å². The Morgan fingerprint density at radius 1 is 1.05 bits per heavy atom. The van der Waals surface area contributed by atoms with Crippen LogP contribution in [0.5, 0.6) is 5.75 Å². The van der Waals surface area contributed by atoms with Crippen LogP contribution in [0.25, 0.3) is 5.57 Å². The maximum atomic E-state index is 12.0. The second-order valence-electron chi connectivity index (χ2n) is 12.3. The highest BCUT2D eigenvalue weighted by molar-refractivity contribution is 5.96. The fourth-order valence-corrected chi connectivity index (χ4v) is 6.40. The standard InChI is InChI=1S/C33H41NO3/c1-4-30(35)25-9-7-23(8-10-25)27-12-18-36-33(21-27)14-16-34(17-15-33)22-29-20-28(24-5-6-24)19-26-11-13-32(2,3)37-31(26)29/h7-10,12,19-20,24H,4-6,11,13-18,21-22H2,1-3H3. The van der Waals surface area contributed by atoms with Gasteiger partial charge in [0.1, 0.15) is 11.4 Å². The van der Waals surface area contributed by atoms with E-state index in [2.05, 4.69) is 49.1 Å². The molecule has 0 bridgehead atoms. The lowest BCUT2D eigenvalue weighted by atomic mass is 9.81. The highest BCUT2D eigenvalue weighted by Gasteiger charge is 2.39. The molecule has 2 aromatic carbocycles. The molecule has 1 saturated carbocycles. The van der Waals surface area contributed by atoms with Crippen LogP contribution in [-0.4, -0.2) is 41.6 Å². The Kier molecular flexibility index (Phi) is 6.53. The first kappa shape index (κ1) is 24.9. The van der Waals surface area contributed by atoms with E-state index in [1.165, 1.54) is 40.7 Å². The summed E-state index contributed by atoms with van der Waals surface area (Å²) in [7, 11) is 0. The van der Waals surface area contributed by atoms with E-state index >= 15 is 0 Å². The maximum Gasteiger partial charge on any atom is 0.162 e. The zero-order chi connectivity index (χ0) is 25.6. The second-order valence-corrected chi connectivity index (χ2v) is 12.3. The minimum absolute atomic E-state index is 0.0771. The van der Waals surface area contributed by atoms with Crippen molar-refractivity contribution in [3.05, 3.63) is 70.3 Å². The number of rotatable bonds is 6. The smallest absolute Gasteiger partial charge is 0.162 e. The molecule has 0 atom stereocenters. The monoisotopic (exact) mass is 499 g/mol. The van der Waals surface area contributed by atoms with E-state index in [0.717, 1.165) is 69.0 Å². The molecular formula is C33H41NO3. The summed E-state index contributed by atoms with van der Waals surface area (Å²) in [6.07, 6.45) is 10.7. The summed E-state index contributed by atoms with van der Waals surface area (Å²) < 4.78 is 13.0. The Balaban J connectivity index is 1.13. The Labute approximate surface area is 222 Å². The number of hydrogen-bond donors (Lipinski definition) is 0. The molecule has 0 amide bonds. The number of carbonyl (C=O) groups excluding carboxylic acids is 1. The van der Waals surface area contributed by atoms with Crippen LogP contribution in [0, 0.1) is 0 Å². The van der Waals surface area contributed by atoms with Crippen molar-refractivity contribution in [1.29, 1.82) is 0 Å². The molecule has 3 aliphatic heterocycles. The summed E-state index contributed by atoms with van der Waals surface area (Å²) in [5.41, 5.74) is 7.56. The van der Waals surface area contributed by atoms with Gasteiger partial charge >= 0.3 is 0 Å². The van der Waals surface area contributed by atoms with Crippen molar-refractivity contribution in [1.82, 2.24) is 4.90 Å². The highest BCUT2D eigenvalue weighted by Crippen LogP contribution is 2.45. The zero-order valence-electron chi connectivity index (χ0n) is 22.8. The van der Waals surface area contributed by atoms with Crippen molar-refractivity contribution in [2.45, 2.75) is 95.8 Å². The second kappa shape index (κ2) is 9.71. The zero-order valence-corrected chi connectivity index (χ0v) is 22.8. The number of aryl methyl sites for hydroxylation is 1.